The number of aliphatic hydroxyl groups excluding tert-OH is 4. The summed E-state index contributed by atoms with van der Waals surface area (Å²) in [6.07, 6.45) is 2.83. The molecule has 0 spiro atoms. The molecule has 24 heavy (non-hydrogen) atoms. The monoisotopic (exact) mass is 344 g/mol. The predicted molar refractivity (Wildman–Crippen MR) is 85.0 cm³/mol. The van der Waals surface area contributed by atoms with Gasteiger partial charge in [0.25, 0.3) is 0 Å². The molecule has 1 aliphatic rings. The van der Waals surface area contributed by atoms with Gasteiger partial charge in [-0.1, -0.05) is 0 Å². The zero-order valence-corrected chi connectivity index (χ0v) is 13.2. The molecule has 0 aromatic heterocycles. The Bertz CT molecular complexity index is 432. The van der Waals surface area contributed by atoms with Gasteiger partial charge in [-0.25, -0.2) is 9.59 Å². The highest BCUT2D eigenvalue weighted by Crippen LogP contribution is 2.17. The summed E-state index contributed by atoms with van der Waals surface area (Å²) >= 11 is 0. The maximum absolute atomic E-state index is 10.3. The molecule has 2 rings (SSSR count). The summed E-state index contributed by atoms with van der Waals surface area (Å²) in [7, 11) is 0. The molecule has 0 bridgehead atoms. The molecule has 1 fully saturated rings. The third-order valence-electron chi connectivity index (χ3n) is 3.15. The number of carbonyl (C=O) groups is 2. The Kier molecular flexibility index (Phi) is 11.4. The Hall–Kier alpha value is -2.00. The molecule has 8 nitrogen and oxygen atoms in total. The van der Waals surface area contributed by atoms with Gasteiger partial charge in [0.05, 0.1) is 36.5 Å². The average molecular weight is 344 g/mol. The van der Waals surface area contributed by atoms with Gasteiger partial charge in [0.15, 0.2) is 0 Å². The van der Waals surface area contributed by atoms with Gasteiger partial charge in [0.2, 0.25) is 0 Å². The van der Waals surface area contributed by atoms with Crippen molar-refractivity contribution in [1.82, 2.24) is 0 Å². The van der Waals surface area contributed by atoms with Gasteiger partial charge in [-0.15, -0.1) is 0 Å². The van der Waals surface area contributed by atoms with Crippen molar-refractivity contribution in [3.63, 3.8) is 0 Å². The van der Waals surface area contributed by atoms with Gasteiger partial charge < -0.3 is 30.6 Å². The number of hydrogen-bond donors (Lipinski definition) is 6. The number of benzene rings is 1. The SMILES string of the molecule is O=C(O)c1ccc(C(=O)O)cc1.OC1CCC(O)CC1.OCCO. The van der Waals surface area contributed by atoms with Gasteiger partial charge in [-0.2, -0.15) is 0 Å². The third kappa shape index (κ3) is 9.90. The van der Waals surface area contributed by atoms with Crippen molar-refractivity contribution in [2.24, 2.45) is 0 Å². The molecular formula is C16H24O8. The van der Waals surface area contributed by atoms with Crippen molar-refractivity contribution >= 4 is 11.9 Å². The first kappa shape index (κ1) is 22.0. The molecular weight excluding hydrogens is 320 g/mol. The second kappa shape index (κ2) is 12.4. The van der Waals surface area contributed by atoms with Crippen molar-refractivity contribution in [3.8, 4) is 0 Å². The third-order valence-corrected chi connectivity index (χ3v) is 3.15. The minimum atomic E-state index is -1.06. The lowest BCUT2D eigenvalue weighted by Crippen LogP contribution is -2.21. The van der Waals surface area contributed by atoms with Gasteiger partial charge in [0.1, 0.15) is 0 Å². The maximum atomic E-state index is 10.3. The van der Waals surface area contributed by atoms with Crippen LogP contribution in [0.4, 0.5) is 0 Å². The smallest absolute Gasteiger partial charge is 0.335 e. The summed E-state index contributed by atoms with van der Waals surface area (Å²) in [4.78, 5) is 20.7. The van der Waals surface area contributed by atoms with E-state index in [0.29, 0.717) is 0 Å². The molecule has 1 aromatic rings. The first-order valence-corrected chi connectivity index (χ1v) is 7.46. The van der Waals surface area contributed by atoms with Crippen LogP contribution in [0.15, 0.2) is 24.3 Å². The largest absolute Gasteiger partial charge is 0.478 e. The minimum absolute atomic E-state index is 0.0833. The average Bonchev–Trinajstić information content (AvgIpc) is 2.58. The number of carboxylic acid groups (broad SMARTS) is 2. The van der Waals surface area contributed by atoms with Crippen LogP contribution in [0, 0.1) is 0 Å². The Labute approximate surface area is 139 Å². The maximum Gasteiger partial charge on any atom is 0.335 e. The Balaban J connectivity index is 0.000000379. The van der Waals surface area contributed by atoms with Crippen molar-refractivity contribution in [2.75, 3.05) is 13.2 Å². The molecule has 1 saturated carbocycles. The number of carboxylic acids is 2. The van der Waals surface area contributed by atoms with Gasteiger partial charge in [-0.3, -0.25) is 0 Å². The molecule has 0 radical (unpaired) electrons. The summed E-state index contributed by atoms with van der Waals surface area (Å²) < 4.78 is 0. The first-order chi connectivity index (χ1) is 11.3. The Morgan fingerprint density at radius 3 is 1.17 bits per heavy atom. The fraction of sp³-hybridized carbons (Fsp3) is 0.500. The van der Waals surface area contributed by atoms with Crippen molar-refractivity contribution < 1.29 is 40.2 Å². The van der Waals surface area contributed by atoms with Crippen molar-refractivity contribution in [2.45, 2.75) is 37.9 Å². The first-order valence-electron chi connectivity index (χ1n) is 7.46. The summed E-state index contributed by atoms with van der Waals surface area (Å²) in [5.74, 6) is -2.13. The second-order valence-corrected chi connectivity index (χ2v) is 5.10. The Morgan fingerprint density at radius 2 is 1.00 bits per heavy atom. The molecule has 0 amide bonds. The topological polar surface area (TPSA) is 156 Å². The van der Waals surface area contributed by atoms with Crippen LogP contribution in [0.5, 0.6) is 0 Å². The van der Waals surface area contributed by atoms with Crippen LogP contribution < -0.4 is 0 Å². The lowest BCUT2D eigenvalue weighted by atomic mass is 9.95. The zero-order valence-electron chi connectivity index (χ0n) is 13.2. The van der Waals surface area contributed by atoms with Crippen LogP contribution in [0.1, 0.15) is 46.4 Å². The van der Waals surface area contributed by atoms with E-state index in [4.69, 9.17) is 30.6 Å². The van der Waals surface area contributed by atoms with Gasteiger partial charge >= 0.3 is 11.9 Å². The fourth-order valence-corrected chi connectivity index (χ4v) is 1.81. The van der Waals surface area contributed by atoms with Gasteiger partial charge in [-0.05, 0) is 49.9 Å². The molecule has 8 heteroatoms. The molecule has 0 atom stereocenters. The van der Waals surface area contributed by atoms with E-state index in [9.17, 15) is 9.59 Å². The summed E-state index contributed by atoms with van der Waals surface area (Å²) in [6.45, 7) is -0.250. The molecule has 1 aliphatic carbocycles. The molecule has 6 N–H and O–H groups in total. The fourth-order valence-electron chi connectivity index (χ4n) is 1.81. The zero-order chi connectivity index (χ0) is 18.5. The lowest BCUT2D eigenvalue weighted by molar-refractivity contribution is 0.0541. The molecule has 136 valence electrons. The quantitative estimate of drug-likeness (QED) is 0.458. The molecule has 0 saturated heterocycles. The highest BCUT2D eigenvalue weighted by atomic mass is 16.4. The number of hydrogen-bond acceptors (Lipinski definition) is 6. The van der Waals surface area contributed by atoms with Crippen LogP contribution in [0.3, 0.4) is 0 Å². The van der Waals surface area contributed by atoms with E-state index in [1.165, 1.54) is 24.3 Å². The van der Waals surface area contributed by atoms with Gasteiger partial charge in [0, 0.05) is 0 Å². The molecule has 0 heterocycles. The van der Waals surface area contributed by atoms with E-state index in [2.05, 4.69) is 0 Å². The predicted octanol–water partition coefficient (Wildman–Crippen LogP) is 0.336. The summed E-state index contributed by atoms with van der Waals surface area (Å²) in [5.41, 5.74) is 0.167. The van der Waals surface area contributed by atoms with Crippen molar-refractivity contribution in [1.29, 1.82) is 0 Å². The normalized spacial score (nSPS) is 19.2. The minimum Gasteiger partial charge on any atom is -0.478 e. The number of rotatable bonds is 3. The highest BCUT2D eigenvalue weighted by Gasteiger charge is 2.15. The van der Waals surface area contributed by atoms with E-state index < -0.39 is 11.9 Å². The van der Waals surface area contributed by atoms with E-state index in [1.54, 1.807) is 0 Å². The molecule has 0 unspecified atom stereocenters. The van der Waals surface area contributed by atoms with Crippen LogP contribution in [0.25, 0.3) is 0 Å². The second-order valence-electron chi connectivity index (χ2n) is 5.10. The van der Waals surface area contributed by atoms with Crippen LogP contribution in [-0.4, -0.2) is 68.0 Å². The highest BCUT2D eigenvalue weighted by molar-refractivity contribution is 5.91. The summed E-state index contributed by atoms with van der Waals surface area (Å²) in [6, 6.07) is 5.02. The summed E-state index contributed by atoms with van der Waals surface area (Å²) in [5, 5.41) is 50.0. The Morgan fingerprint density at radius 1 is 0.750 bits per heavy atom. The van der Waals surface area contributed by atoms with E-state index in [0.717, 1.165) is 25.7 Å². The standard InChI is InChI=1S/C8H6O4.C6H12O2.C2H6O2/c9-7(10)5-1-2-6(4-3-5)8(11)12;7-5-1-2-6(8)4-3-5;3-1-2-4/h1-4H,(H,9,10)(H,11,12);5-8H,1-4H2;3-4H,1-2H2. The lowest BCUT2D eigenvalue weighted by Gasteiger charge is -2.20. The van der Waals surface area contributed by atoms with Crippen molar-refractivity contribution in [3.05, 3.63) is 35.4 Å². The van der Waals surface area contributed by atoms with Crippen LogP contribution >= 0.6 is 0 Å². The van der Waals surface area contributed by atoms with E-state index in [-0.39, 0.29) is 36.5 Å². The van der Waals surface area contributed by atoms with E-state index >= 15 is 0 Å². The van der Waals surface area contributed by atoms with E-state index in [1.807, 2.05) is 0 Å². The molecule has 1 aromatic carbocycles. The van der Waals surface area contributed by atoms with Crippen LogP contribution in [-0.2, 0) is 0 Å². The molecule has 0 aliphatic heterocycles. The number of aliphatic hydroxyl groups is 4. The van der Waals surface area contributed by atoms with Crippen LogP contribution in [0.2, 0.25) is 0 Å². The number of aromatic carboxylic acids is 2.